The van der Waals surface area contributed by atoms with Gasteiger partial charge in [0, 0.05) is 25.0 Å². The van der Waals surface area contributed by atoms with Crippen LogP contribution >= 0.6 is 11.8 Å². The highest BCUT2D eigenvalue weighted by Crippen LogP contribution is 2.32. The predicted octanol–water partition coefficient (Wildman–Crippen LogP) is 2.78. The summed E-state index contributed by atoms with van der Waals surface area (Å²) in [5.74, 6) is 0.767. The van der Waals surface area contributed by atoms with Crippen molar-refractivity contribution < 1.29 is 4.79 Å². The summed E-state index contributed by atoms with van der Waals surface area (Å²) >= 11 is 1.59. The van der Waals surface area contributed by atoms with Crippen LogP contribution in [0.15, 0.2) is 48.7 Å². The topological polar surface area (TPSA) is 25.2 Å². The van der Waals surface area contributed by atoms with Crippen LogP contribution in [0.2, 0.25) is 0 Å². The van der Waals surface area contributed by atoms with Crippen LogP contribution in [0.4, 0.5) is 0 Å². The minimum absolute atomic E-state index is 0.0413. The van der Waals surface area contributed by atoms with Gasteiger partial charge in [0.05, 0.1) is 11.8 Å². The molecule has 3 nitrogen and oxygen atoms in total. The molecule has 4 heteroatoms. The Labute approximate surface area is 123 Å². The second kappa shape index (κ2) is 5.75. The maximum atomic E-state index is 12.4. The Balaban J connectivity index is 2.01. The highest BCUT2D eigenvalue weighted by atomic mass is 32.2. The van der Waals surface area contributed by atoms with Crippen molar-refractivity contribution in [2.24, 2.45) is 0 Å². The summed E-state index contributed by atoms with van der Waals surface area (Å²) in [7, 11) is 0. The largest absolute Gasteiger partial charge is 0.348 e. The molecule has 1 amide bonds. The molecular formula is C16H18N2OS. The van der Waals surface area contributed by atoms with E-state index in [1.54, 1.807) is 11.8 Å². The first-order valence-electron chi connectivity index (χ1n) is 6.79. The predicted molar refractivity (Wildman–Crippen MR) is 82.8 cm³/mol. The molecular weight excluding hydrogens is 268 g/mol. The van der Waals surface area contributed by atoms with Gasteiger partial charge >= 0.3 is 0 Å². The number of nitrogens with zero attached hydrogens (tertiary/aromatic N) is 2. The van der Waals surface area contributed by atoms with Gasteiger partial charge in [0.25, 0.3) is 0 Å². The summed E-state index contributed by atoms with van der Waals surface area (Å²) in [5.41, 5.74) is 2.39. The van der Waals surface area contributed by atoms with Crippen molar-refractivity contribution >= 4 is 17.7 Å². The minimum Gasteiger partial charge on any atom is -0.348 e. The zero-order chi connectivity index (χ0) is 13.9. The number of carbonyl (C=O) groups is 1. The average molecular weight is 286 g/mol. The molecule has 3 rings (SSSR count). The van der Waals surface area contributed by atoms with Gasteiger partial charge in [-0.25, -0.2) is 0 Å². The number of carbonyl (C=O) groups excluding carboxylic acids is 1. The quantitative estimate of drug-likeness (QED) is 0.867. The van der Waals surface area contributed by atoms with Crippen molar-refractivity contribution in [1.82, 2.24) is 9.47 Å². The third kappa shape index (κ3) is 2.36. The van der Waals surface area contributed by atoms with Crippen LogP contribution in [0, 0.1) is 0 Å². The van der Waals surface area contributed by atoms with Crippen molar-refractivity contribution in [3.8, 4) is 0 Å². The molecule has 1 aromatic heterocycles. The number of aromatic nitrogens is 1. The lowest BCUT2D eigenvalue weighted by atomic mass is 10.00. The summed E-state index contributed by atoms with van der Waals surface area (Å²) in [6.07, 6.45) is 4.07. The van der Waals surface area contributed by atoms with E-state index in [0.29, 0.717) is 5.75 Å². The molecule has 2 aromatic rings. The maximum Gasteiger partial charge on any atom is 0.233 e. The van der Waals surface area contributed by atoms with Crippen LogP contribution in [-0.4, -0.2) is 33.9 Å². The van der Waals surface area contributed by atoms with Gasteiger partial charge in [-0.3, -0.25) is 4.79 Å². The molecule has 0 aliphatic carbocycles. The summed E-state index contributed by atoms with van der Waals surface area (Å²) in [5, 5.41) is 0. The van der Waals surface area contributed by atoms with Crippen LogP contribution in [0.5, 0.6) is 0 Å². The van der Waals surface area contributed by atoms with Gasteiger partial charge in [-0.05, 0) is 24.0 Å². The Morgan fingerprint density at radius 3 is 2.75 bits per heavy atom. The van der Waals surface area contributed by atoms with Gasteiger partial charge in [0.1, 0.15) is 0 Å². The SMILES string of the molecule is CSCC(=O)N1CCn2cccc2C1c1ccccc1. The maximum absolute atomic E-state index is 12.4. The summed E-state index contributed by atoms with van der Waals surface area (Å²) in [4.78, 5) is 14.4. The van der Waals surface area contributed by atoms with E-state index in [4.69, 9.17) is 0 Å². The summed E-state index contributed by atoms with van der Waals surface area (Å²) < 4.78 is 2.25. The molecule has 1 aromatic carbocycles. The number of rotatable bonds is 3. The number of hydrogen-bond acceptors (Lipinski definition) is 2. The molecule has 2 heterocycles. The lowest BCUT2D eigenvalue weighted by molar-refractivity contribution is -0.131. The molecule has 1 atom stereocenters. The van der Waals surface area contributed by atoms with E-state index in [1.165, 1.54) is 11.3 Å². The average Bonchev–Trinajstić information content (AvgIpc) is 2.95. The normalized spacial score (nSPS) is 17.9. The monoisotopic (exact) mass is 286 g/mol. The van der Waals surface area contributed by atoms with Crippen LogP contribution in [0.1, 0.15) is 17.3 Å². The molecule has 1 aliphatic heterocycles. The Morgan fingerprint density at radius 2 is 2.00 bits per heavy atom. The van der Waals surface area contributed by atoms with Crippen molar-refractivity contribution in [3.63, 3.8) is 0 Å². The van der Waals surface area contributed by atoms with Crippen LogP contribution in [0.3, 0.4) is 0 Å². The second-order valence-electron chi connectivity index (χ2n) is 4.96. The van der Waals surface area contributed by atoms with Crippen LogP contribution in [0.25, 0.3) is 0 Å². The molecule has 0 radical (unpaired) electrons. The first-order valence-corrected chi connectivity index (χ1v) is 8.19. The lowest BCUT2D eigenvalue weighted by Gasteiger charge is -2.37. The molecule has 104 valence electrons. The molecule has 20 heavy (non-hydrogen) atoms. The number of thioether (sulfide) groups is 1. The van der Waals surface area contributed by atoms with Crippen molar-refractivity contribution in [1.29, 1.82) is 0 Å². The fraction of sp³-hybridized carbons (Fsp3) is 0.312. The fourth-order valence-electron chi connectivity index (χ4n) is 2.84. The Kier molecular flexibility index (Phi) is 3.83. The third-order valence-electron chi connectivity index (χ3n) is 3.74. The van der Waals surface area contributed by atoms with Crippen LogP contribution < -0.4 is 0 Å². The summed E-state index contributed by atoms with van der Waals surface area (Å²) in [6.45, 7) is 1.66. The Morgan fingerprint density at radius 1 is 1.20 bits per heavy atom. The van der Waals surface area contributed by atoms with Crippen LogP contribution in [-0.2, 0) is 11.3 Å². The second-order valence-corrected chi connectivity index (χ2v) is 5.83. The van der Waals surface area contributed by atoms with Crippen molar-refractivity contribution in [2.45, 2.75) is 12.6 Å². The fourth-order valence-corrected chi connectivity index (χ4v) is 3.26. The molecule has 0 saturated heterocycles. The van der Waals surface area contributed by atoms with Gasteiger partial charge in [0.15, 0.2) is 0 Å². The molecule has 0 fully saturated rings. The number of benzene rings is 1. The molecule has 1 aliphatic rings. The van der Waals surface area contributed by atoms with E-state index < -0.39 is 0 Å². The molecule has 0 N–H and O–H groups in total. The number of fused-ring (bicyclic) bond motifs is 1. The molecule has 0 saturated carbocycles. The summed E-state index contributed by atoms with van der Waals surface area (Å²) in [6, 6.07) is 14.5. The zero-order valence-corrected chi connectivity index (χ0v) is 12.3. The van der Waals surface area contributed by atoms with E-state index in [0.717, 1.165) is 13.1 Å². The van der Waals surface area contributed by atoms with E-state index >= 15 is 0 Å². The first-order chi connectivity index (χ1) is 9.81. The molecule has 0 bridgehead atoms. The van der Waals surface area contributed by atoms with E-state index in [-0.39, 0.29) is 11.9 Å². The van der Waals surface area contributed by atoms with Gasteiger partial charge in [-0.15, -0.1) is 0 Å². The number of hydrogen-bond donors (Lipinski definition) is 0. The first kappa shape index (κ1) is 13.3. The van der Waals surface area contributed by atoms with Crippen molar-refractivity contribution in [2.75, 3.05) is 18.6 Å². The Bertz CT molecular complexity index is 594. The van der Waals surface area contributed by atoms with E-state index in [9.17, 15) is 4.79 Å². The highest BCUT2D eigenvalue weighted by molar-refractivity contribution is 7.99. The zero-order valence-electron chi connectivity index (χ0n) is 11.5. The molecule has 1 unspecified atom stereocenters. The van der Waals surface area contributed by atoms with Gasteiger partial charge in [-0.2, -0.15) is 11.8 Å². The van der Waals surface area contributed by atoms with Crippen molar-refractivity contribution in [3.05, 3.63) is 59.9 Å². The third-order valence-corrected chi connectivity index (χ3v) is 4.28. The highest BCUT2D eigenvalue weighted by Gasteiger charge is 2.31. The Hall–Kier alpha value is -1.68. The van der Waals surface area contributed by atoms with E-state index in [1.807, 2.05) is 29.4 Å². The van der Waals surface area contributed by atoms with Gasteiger partial charge in [-0.1, -0.05) is 30.3 Å². The molecule has 0 spiro atoms. The van der Waals surface area contributed by atoms with Gasteiger partial charge in [0.2, 0.25) is 5.91 Å². The standard InChI is InChI=1S/C16H18N2OS/c1-20-12-15(19)18-11-10-17-9-5-8-14(17)16(18)13-6-3-2-4-7-13/h2-9,16H,10-12H2,1H3. The van der Waals surface area contributed by atoms with E-state index in [2.05, 4.69) is 35.0 Å². The number of amides is 1. The smallest absolute Gasteiger partial charge is 0.233 e. The van der Waals surface area contributed by atoms with Gasteiger partial charge < -0.3 is 9.47 Å². The lowest BCUT2D eigenvalue weighted by Crippen LogP contribution is -2.43. The minimum atomic E-state index is 0.0413.